The van der Waals surface area contributed by atoms with Crippen LogP contribution < -0.4 is 0 Å². The summed E-state index contributed by atoms with van der Waals surface area (Å²) in [6.45, 7) is 2.09. The summed E-state index contributed by atoms with van der Waals surface area (Å²) >= 11 is 0. The third-order valence-electron chi connectivity index (χ3n) is 5.90. The van der Waals surface area contributed by atoms with Crippen LogP contribution in [0.15, 0.2) is 34.9 Å². The Labute approximate surface area is 156 Å². The number of rotatable bonds is 6. The van der Waals surface area contributed by atoms with E-state index in [1.165, 1.54) is 12.1 Å². The first kappa shape index (κ1) is 17.7. The van der Waals surface area contributed by atoms with Crippen molar-refractivity contribution in [2.45, 2.75) is 25.7 Å². The fourth-order valence-corrected chi connectivity index (χ4v) is 4.50. The second kappa shape index (κ2) is 6.77. The molecule has 2 aromatic rings. The van der Waals surface area contributed by atoms with Gasteiger partial charge < -0.3 is 14.4 Å². The molecule has 2 aliphatic rings. The molecule has 27 heavy (non-hydrogen) atoms. The summed E-state index contributed by atoms with van der Waals surface area (Å²) in [7, 11) is 0. The number of oxazole rings is 1. The zero-order valence-electron chi connectivity index (χ0n) is 14.8. The van der Waals surface area contributed by atoms with Crippen molar-refractivity contribution in [1.29, 1.82) is 0 Å². The Hall–Kier alpha value is -2.74. The molecule has 1 aliphatic heterocycles. The van der Waals surface area contributed by atoms with E-state index in [1.54, 1.807) is 18.3 Å². The summed E-state index contributed by atoms with van der Waals surface area (Å²) in [5.41, 5.74) is 0.0431. The lowest BCUT2D eigenvalue weighted by Gasteiger charge is -2.23. The quantitative estimate of drug-likeness (QED) is 0.614. The van der Waals surface area contributed by atoms with Gasteiger partial charge in [0.2, 0.25) is 0 Å². The van der Waals surface area contributed by atoms with Crippen molar-refractivity contribution >= 4 is 11.7 Å². The Morgan fingerprint density at radius 1 is 1.48 bits per heavy atom. The number of nitrogens with zero attached hydrogens (tertiary/aromatic N) is 3. The molecule has 2 heterocycles. The molecule has 1 N–H and O–H groups in total. The van der Waals surface area contributed by atoms with E-state index in [2.05, 4.69) is 9.88 Å². The number of nitro benzene ring substituents is 1. The molecule has 0 unspecified atom stereocenters. The lowest BCUT2D eigenvalue weighted by Crippen LogP contribution is -2.36. The van der Waals surface area contributed by atoms with Gasteiger partial charge in [0.15, 0.2) is 11.7 Å². The Morgan fingerprint density at radius 2 is 2.33 bits per heavy atom. The number of hydrogen-bond donors (Lipinski definition) is 1. The molecule has 1 aromatic carbocycles. The summed E-state index contributed by atoms with van der Waals surface area (Å²) in [6.07, 6.45) is 4.90. The van der Waals surface area contributed by atoms with Crippen LogP contribution in [0.4, 0.5) is 5.69 Å². The zero-order chi connectivity index (χ0) is 19.0. The number of carboxylic acids is 1. The maximum atomic E-state index is 11.8. The van der Waals surface area contributed by atoms with Gasteiger partial charge in [-0.15, -0.1) is 0 Å². The zero-order valence-corrected chi connectivity index (χ0v) is 14.8. The molecule has 1 saturated heterocycles. The van der Waals surface area contributed by atoms with Crippen molar-refractivity contribution in [3.63, 3.8) is 0 Å². The van der Waals surface area contributed by atoms with Crippen LogP contribution in [0.5, 0.6) is 0 Å². The van der Waals surface area contributed by atoms with Crippen LogP contribution in [0.3, 0.4) is 0 Å². The molecule has 0 spiro atoms. The SMILES string of the molecule is O=C(O)[C@@]12CCC[C@H]1CN(CCc1ncc(-c3cccc([N+](=O)[O-])c3)o1)C2. The molecule has 0 bridgehead atoms. The number of hydrogen-bond acceptors (Lipinski definition) is 6. The van der Waals surface area contributed by atoms with Crippen LogP contribution in [0, 0.1) is 21.4 Å². The fourth-order valence-electron chi connectivity index (χ4n) is 4.50. The predicted octanol–water partition coefficient (Wildman–Crippen LogP) is 2.98. The maximum absolute atomic E-state index is 11.8. The first-order valence-corrected chi connectivity index (χ1v) is 9.13. The van der Waals surface area contributed by atoms with Gasteiger partial charge in [-0.25, -0.2) is 4.98 Å². The van der Waals surface area contributed by atoms with E-state index in [-0.39, 0.29) is 11.6 Å². The van der Waals surface area contributed by atoms with E-state index in [9.17, 15) is 20.0 Å². The summed E-state index contributed by atoms with van der Waals surface area (Å²) < 4.78 is 5.75. The van der Waals surface area contributed by atoms with Crippen LogP contribution in [0.2, 0.25) is 0 Å². The molecule has 8 nitrogen and oxygen atoms in total. The Balaban J connectivity index is 1.40. The Kier molecular flexibility index (Phi) is 4.43. The number of carboxylic acid groups (broad SMARTS) is 1. The van der Waals surface area contributed by atoms with Gasteiger partial charge in [0.25, 0.3) is 5.69 Å². The summed E-state index contributed by atoms with van der Waals surface area (Å²) in [5.74, 6) is 0.614. The molecule has 1 aliphatic carbocycles. The molecular formula is C19H21N3O5. The molecule has 1 saturated carbocycles. The van der Waals surface area contributed by atoms with E-state index >= 15 is 0 Å². The second-order valence-electron chi connectivity index (χ2n) is 7.46. The van der Waals surface area contributed by atoms with Gasteiger partial charge in [0.1, 0.15) is 0 Å². The minimum Gasteiger partial charge on any atom is -0.481 e. The van der Waals surface area contributed by atoms with E-state index in [4.69, 9.17) is 4.42 Å². The van der Waals surface area contributed by atoms with Gasteiger partial charge >= 0.3 is 5.97 Å². The lowest BCUT2D eigenvalue weighted by molar-refractivity contribution is -0.384. The molecule has 2 atom stereocenters. The number of benzene rings is 1. The summed E-state index contributed by atoms with van der Waals surface area (Å²) in [6, 6.07) is 6.26. The molecule has 1 aromatic heterocycles. The molecule has 8 heteroatoms. The molecule has 2 fully saturated rings. The van der Waals surface area contributed by atoms with Crippen LogP contribution in [0.1, 0.15) is 25.2 Å². The van der Waals surface area contributed by atoms with Crippen molar-refractivity contribution in [1.82, 2.24) is 9.88 Å². The summed E-state index contributed by atoms with van der Waals surface area (Å²) in [5, 5.41) is 20.6. The van der Waals surface area contributed by atoms with Gasteiger partial charge in [0, 0.05) is 43.8 Å². The third-order valence-corrected chi connectivity index (χ3v) is 5.90. The number of carbonyl (C=O) groups is 1. The largest absolute Gasteiger partial charge is 0.481 e. The fraction of sp³-hybridized carbons (Fsp3) is 0.474. The van der Waals surface area contributed by atoms with Crippen molar-refractivity contribution in [2.75, 3.05) is 19.6 Å². The van der Waals surface area contributed by atoms with E-state index in [1.807, 2.05) is 0 Å². The molecule has 4 rings (SSSR count). The lowest BCUT2D eigenvalue weighted by atomic mass is 9.81. The standard InChI is InChI=1S/C19H21N3O5/c23-18(24)19-7-2-4-14(19)11-21(12-19)8-6-17-20-10-16(27-17)13-3-1-5-15(9-13)22(25)26/h1,3,5,9-10,14H,2,4,6-8,11-12H2,(H,23,24)/t14-,19+/m0/s1. The van der Waals surface area contributed by atoms with Crippen LogP contribution >= 0.6 is 0 Å². The molecule has 0 amide bonds. The van der Waals surface area contributed by atoms with E-state index in [0.29, 0.717) is 36.7 Å². The average molecular weight is 371 g/mol. The minimum absolute atomic E-state index is 0.00743. The highest BCUT2D eigenvalue weighted by molar-refractivity contribution is 5.76. The maximum Gasteiger partial charge on any atom is 0.311 e. The Morgan fingerprint density at radius 3 is 3.07 bits per heavy atom. The van der Waals surface area contributed by atoms with Crippen LogP contribution in [-0.4, -0.2) is 45.5 Å². The molecular weight excluding hydrogens is 350 g/mol. The van der Waals surface area contributed by atoms with E-state index < -0.39 is 16.3 Å². The highest BCUT2D eigenvalue weighted by Crippen LogP contribution is 2.48. The average Bonchev–Trinajstić information content (AvgIpc) is 3.34. The van der Waals surface area contributed by atoms with Gasteiger partial charge in [-0.2, -0.15) is 0 Å². The summed E-state index contributed by atoms with van der Waals surface area (Å²) in [4.78, 5) is 28.7. The number of aliphatic carboxylic acids is 1. The minimum atomic E-state index is -0.670. The van der Waals surface area contributed by atoms with Crippen molar-refractivity contribution in [3.05, 3.63) is 46.5 Å². The van der Waals surface area contributed by atoms with Crippen molar-refractivity contribution in [3.8, 4) is 11.3 Å². The third kappa shape index (κ3) is 3.21. The number of likely N-dealkylation sites (tertiary alicyclic amines) is 1. The predicted molar refractivity (Wildman–Crippen MR) is 96.1 cm³/mol. The topological polar surface area (TPSA) is 110 Å². The van der Waals surface area contributed by atoms with Crippen LogP contribution in [0.25, 0.3) is 11.3 Å². The number of fused-ring (bicyclic) bond motifs is 1. The number of nitro groups is 1. The Bertz CT molecular complexity index is 880. The first-order valence-electron chi connectivity index (χ1n) is 9.13. The highest BCUT2D eigenvalue weighted by atomic mass is 16.6. The molecule has 142 valence electrons. The number of non-ortho nitro benzene ring substituents is 1. The van der Waals surface area contributed by atoms with Gasteiger partial charge in [0.05, 0.1) is 16.5 Å². The number of aromatic nitrogens is 1. The first-order chi connectivity index (χ1) is 13.0. The van der Waals surface area contributed by atoms with Crippen LogP contribution in [-0.2, 0) is 11.2 Å². The molecule has 0 radical (unpaired) electrons. The van der Waals surface area contributed by atoms with Gasteiger partial charge in [-0.05, 0) is 18.8 Å². The normalized spacial score (nSPS) is 24.8. The highest BCUT2D eigenvalue weighted by Gasteiger charge is 2.54. The van der Waals surface area contributed by atoms with Gasteiger partial charge in [-0.1, -0.05) is 18.6 Å². The second-order valence-corrected chi connectivity index (χ2v) is 7.46. The van der Waals surface area contributed by atoms with E-state index in [0.717, 1.165) is 25.8 Å². The van der Waals surface area contributed by atoms with Crippen molar-refractivity contribution < 1.29 is 19.2 Å². The smallest absolute Gasteiger partial charge is 0.311 e. The van der Waals surface area contributed by atoms with Gasteiger partial charge in [-0.3, -0.25) is 14.9 Å². The monoisotopic (exact) mass is 371 g/mol. The van der Waals surface area contributed by atoms with Crippen molar-refractivity contribution in [2.24, 2.45) is 11.3 Å².